The molecule has 14 heavy (non-hydrogen) atoms. The summed E-state index contributed by atoms with van der Waals surface area (Å²) >= 11 is 0. The minimum absolute atomic E-state index is 0.376. The minimum Gasteiger partial charge on any atom is -0.321 e. The van der Waals surface area contributed by atoms with Crippen LogP contribution in [0.15, 0.2) is 22.3 Å². The number of nitrogens with one attached hydrogen (secondary N) is 1. The monoisotopic (exact) mass is 192 g/mol. The Morgan fingerprint density at radius 3 is 2.86 bits per heavy atom. The highest BCUT2D eigenvalue weighted by Gasteiger charge is 2.07. The van der Waals surface area contributed by atoms with E-state index >= 15 is 0 Å². The minimum atomic E-state index is -0.505. The molecular formula is C8H7FN5. The number of anilines is 1. The number of hydrogen-bond acceptors (Lipinski definition) is 4. The van der Waals surface area contributed by atoms with Crippen LogP contribution >= 0.6 is 0 Å². The summed E-state index contributed by atoms with van der Waals surface area (Å²) in [4.78, 5) is 3.65. The van der Waals surface area contributed by atoms with E-state index in [0.29, 0.717) is 17.3 Å². The van der Waals surface area contributed by atoms with E-state index in [-0.39, 0.29) is 0 Å². The van der Waals surface area contributed by atoms with Crippen LogP contribution in [0.3, 0.4) is 0 Å². The molecule has 71 valence electrons. The Morgan fingerprint density at radius 2 is 2.21 bits per heavy atom. The molecule has 0 amide bonds. The number of nitrogens with zero attached hydrogens (tertiary/aromatic N) is 4. The van der Waals surface area contributed by atoms with Gasteiger partial charge in [0, 0.05) is 0 Å². The molecule has 0 saturated heterocycles. The summed E-state index contributed by atoms with van der Waals surface area (Å²) in [6, 6.07) is 2.85. The summed E-state index contributed by atoms with van der Waals surface area (Å²) in [5, 5.41) is 13.9. The maximum atomic E-state index is 12.6. The first kappa shape index (κ1) is 8.61. The Hall–Kier alpha value is -1.98. The van der Waals surface area contributed by atoms with Gasteiger partial charge in [0.25, 0.3) is 0 Å². The molecule has 0 bridgehead atoms. The van der Waals surface area contributed by atoms with Crippen LogP contribution in [-0.4, -0.2) is 17.3 Å². The first-order valence-corrected chi connectivity index (χ1v) is 3.96. The molecule has 1 aromatic rings. The molecule has 2 heterocycles. The largest absolute Gasteiger partial charge is 0.321 e. The van der Waals surface area contributed by atoms with Gasteiger partial charge < -0.3 is 5.32 Å². The third-order valence-corrected chi connectivity index (χ3v) is 1.68. The number of aromatic nitrogens is 1. The molecule has 0 atom stereocenters. The lowest BCUT2D eigenvalue weighted by Crippen LogP contribution is -2.20. The SMILES string of the molecule is Cc1nc(F)ccc1NC1=NN=C[N]1. The standard InChI is InChI=1S/C8H7FN5/c1-5-6(2-3-7(9)12-5)13-8-10-4-11-14-8/h2-4H,1H3,(H,13,14). The van der Waals surface area contributed by atoms with Crippen LogP contribution < -0.4 is 10.6 Å². The maximum Gasteiger partial charge on any atom is 0.248 e. The Balaban J connectivity index is 2.17. The van der Waals surface area contributed by atoms with Crippen molar-refractivity contribution >= 4 is 18.0 Å². The van der Waals surface area contributed by atoms with Gasteiger partial charge in [0.05, 0.1) is 11.4 Å². The molecule has 0 spiro atoms. The lowest BCUT2D eigenvalue weighted by Gasteiger charge is -2.05. The fourth-order valence-electron chi connectivity index (χ4n) is 1.03. The van der Waals surface area contributed by atoms with Crippen LogP contribution in [0.4, 0.5) is 10.1 Å². The van der Waals surface area contributed by atoms with Crippen LogP contribution in [0.5, 0.6) is 0 Å². The molecule has 0 fully saturated rings. The molecule has 1 aliphatic rings. The van der Waals surface area contributed by atoms with Crippen LogP contribution in [-0.2, 0) is 0 Å². The molecule has 1 N–H and O–H groups in total. The molecule has 1 aromatic heterocycles. The Bertz CT molecular complexity index is 412. The van der Waals surface area contributed by atoms with Crippen molar-refractivity contribution in [3.05, 3.63) is 23.8 Å². The fraction of sp³-hybridized carbons (Fsp3) is 0.125. The molecule has 0 unspecified atom stereocenters. The number of rotatable bonds is 1. The van der Waals surface area contributed by atoms with Crippen LogP contribution in [0.25, 0.3) is 0 Å². The maximum absolute atomic E-state index is 12.6. The van der Waals surface area contributed by atoms with E-state index in [0.717, 1.165) is 0 Å². The van der Waals surface area contributed by atoms with E-state index < -0.39 is 5.95 Å². The van der Waals surface area contributed by atoms with Crippen LogP contribution in [0, 0.1) is 12.9 Å². The first-order chi connectivity index (χ1) is 6.75. The predicted molar refractivity (Wildman–Crippen MR) is 50.6 cm³/mol. The topological polar surface area (TPSA) is 63.7 Å². The van der Waals surface area contributed by atoms with E-state index in [1.165, 1.54) is 12.4 Å². The van der Waals surface area contributed by atoms with Crippen molar-refractivity contribution in [2.24, 2.45) is 10.2 Å². The average Bonchev–Trinajstić information content (AvgIpc) is 2.62. The highest BCUT2D eigenvalue weighted by atomic mass is 19.1. The second-order valence-electron chi connectivity index (χ2n) is 2.68. The Labute approximate surface area is 79.8 Å². The van der Waals surface area contributed by atoms with Gasteiger partial charge in [-0.2, -0.15) is 9.71 Å². The molecular weight excluding hydrogens is 185 g/mol. The molecule has 0 saturated carbocycles. The number of guanidine groups is 1. The summed E-state index contributed by atoms with van der Waals surface area (Å²) in [6.45, 7) is 1.70. The number of pyridine rings is 1. The summed E-state index contributed by atoms with van der Waals surface area (Å²) < 4.78 is 12.6. The van der Waals surface area contributed by atoms with Crippen molar-refractivity contribution in [2.75, 3.05) is 5.32 Å². The Kier molecular flexibility index (Phi) is 2.10. The van der Waals surface area contributed by atoms with Gasteiger partial charge in [0.1, 0.15) is 6.34 Å². The van der Waals surface area contributed by atoms with Crippen molar-refractivity contribution in [1.29, 1.82) is 0 Å². The lowest BCUT2D eigenvalue weighted by molar-refractivity contribution is 0.580. The molecule has 0 aromatic carbocycles. The zero-order chi connectivity index (χ0) is 9.97. The first-order valence-electron chi connectivity index (χ1n) is 3.96. The summed E-state index contributed by atoms with van der Waals surface area (Å²) in [6.07, 6.45) is 1.33. The van der Waals surface area contributed by atoms with Gasteiger partial charge in [0.2, 0.25) is 11.9 Å². The molecule has 1 radical (unpaired) electrons. The van der Waals surface area contributed by atoms with Gasteiger partial charge in [-0.3, -0.25) is 0 Å². The third kappa shape index (κ3) is 1.68. The molecule has 0 aliphatic carbocycles. The lowest BCUT2D eigenvalue weighted by atomic mass is 10.3. The third-order valence-electron chi connectivity index (χ3n) is 1.68. The fourth-order valence-corrected chi connectivity index (χ4v) is 1.03. The molecule has 5 nitrogen and oxygen atoms in total. The number of aryl methyl sites for hydroxylation is 1. The van der Waals surface area contributed by atoms with Gasteiger partial charge in [-0.25, -0.2) is 4.98 Å². The number of hydrogen-bond donors (Lipinski definition) is 1. The van der Waals surface area contributed by atoms with E-state index in [1.807, 2.05) is 0 Å². The van der Waals surface area contributed by atoms with Gasteiger partial charge in [0.15, 0.2) is 0 Å². The average molecular weight is 192 g/mol. The highest BCUT2D eigenvalue weighted by Crippen LogP contribution is 2.12. The quantitative estimate of drug-likeness (QED) is 0.670. The van der Waals surface area contributed by atoms with Gasteiger partial charge in [-0.05, 0) is 19.1 Å². The summed E-state index contributed by atoms with van der Waals surface area (Å²) in [7, 11) is 0. The zero-order valence-corrected chi connectivity index (χ0v) is 7.40. The molecule has 2 rings (SSSR count). The van der Waals surface area contributed by atoms with E-state index in [2.05, 4.69) is 25.8 Å². The van der Waals surface area contributed by atoms with Crippen LogP contribution in [0.2, 0.25) is 0 Å². The van der Waals surface area contributed by atoms with E-state index in [4.69, 9.17) is 0 Å². The van der Waals surface area contributed by atoms with Gasteiger partial charge >= 0.3 is 0 Å². The zero-order valence-electron chi connectivity index (χ0n) is 7.40. The molecule has 1 aliphatic heterocycles. The highest BCUT2D eigenvalue weighted by molar-refractivity contribution is 6.01. The molecule has 6 heteroatoms. The normalized spacial score (nSPS) is 13.7. The predicted octanol–water partition coefficient (Wildman–Crippen LogP) is 0.858. The van der Waals surface area contributed by atoms with Crippen molar-refractivity contribution < 1.29 is 4.39 Å². The second kappa shape index (κ2) is 3.41. The van der Waals surface area contributed by atoms with Crippen molar-refractivity contribution in [3.8, 4) is 0 Å². The summed E-state index contributed by atoms with van der Waals surface area (Å²) in [5.41, 5.74) is 1.22. The summed E-state index contributed by atoms with van der Waals surface area (Å²) in [5.74, 6) is -0.129. The van der Waals surface area contributed by atoms with Crippen LogP contribution in [0.1, 0.15) is 5.69 Å². The smallest absolute Gasteiger partial charge is 0.248 e. The van der Waals surface area contributed by atoms with Gasteiger partial charge in [-0.15, -0.1) is 10.2 Å². The van der Waals surface area contributed by atoms with E-state index in [1.54, 1.807) is 13.0 Å². The van der Waals surface area contributed by atoms with Crippen molar-refractivity contribution in [1.82, 2.24) is 10.3 Å². The van der Waals surface area contributed by atoms with Gasteiger partial charge in [-0.1, -0.05) is 0 Å². The van der Waals surface area contributed by atoms with Crippen molar-refractivity contribution in [3.63, 3.8) is 0 Å². The Morgan fingerprint density at radius 1 is 1.36 bits per heavy atom. The second-order valence-corrected chi connectivity index (χ2v) is 2.68. The van der Waals surface area contributed by atoms with Crippen molar-refractivity contribution in [2.45, 2.75) is 6.92 Å². The number of halogens is 1. The van der Waals surface area contributed by atoms with E-state index in [9.17, 15) is 4.39 Å².